The largest absolute Gasteiger partial charge is 0.385 e. The van der Waals surface area contributed by atoms with Gasteiger partial charge in [-0.15, -0.1) is 0 Å². The summed E-state index contributed by atoms with van der Waals surface area (Å²) in [4.78, 5) is 0. The van der Waals surface area contributed by atoms with E-state index in [1.54, 1.807) is 7.11 Å². The fourth-order valence-electron chi connectivity index (χ4n) is 1.84. The van der Waals surface area contributed by atoms with Crippen molar-refractivity contribution in [3.8, 4) is 0 Å². The molecule has 0 unspecified atom stereocenters. The number of methoxy groups -OCH3 is 1. The Labute approximate surface area is 116 Å². The van der Waals surface area contributed by atoms with Gasteiger partial charge in [-0.1, -0.05) is 6.92 Å². The maximum Gasteiger partial charge on any atom is 0.0662 e. The Morgan fingerprint density at radius 2 is 2.16 bits per heavy atom. The van der Waals surface area contributed by atoms with Crippen LogP contribution in [0.3, 0.4) is 0 Å². The zero-order chi connectivity index (χ0) is 13.9. The minimum atomic E-state index is 0.702. The molecule has 1 aromatic heterocycles. The van der Waals surface area contributed by atoms with Crippen molar-refractivity contribution < 1.29 is 9.47 Å². The van der Waals surface area contributed by atoms with Gasteiger partial charge in [-0.25, -0.2) is 0 Å². The van der Waals surface area contributed by atoms with Crippen LogP contribution in [-0.4, -0.2) is 43.3 Å². The minimum absolute atomic E-state index is 0.702. The zero-order valence-electron chi connectivity index (χ0n) is 12.4. The van der Waals surface area contributed by atoms with Crippen molar-refractivity contribution in [1.29, 1.82) is 0 Å². The van der Waals surface area contributed by atoms with Crippen molar-refractivity contribution in [2.75, 3.05) is 33.5 Å². The van der Waals surface area contributed by atoms with Crippen LogP contribution >= 0.6 is 0 Å². The van der Waals surface area contributed by atoms with Crippen LogP contribution in [0.1, 0.15) is 31.0 Å². The predicted octanol–water partition coefficient (Wildman–Crippen LogP) is 1.74. The predicted molar refractivity (Wildman–Crippen MR) is 76.3 cm³/mol. The summed E-state index contributed by atoms with van der Waals surface area (Å²) in [6, 6.07) is 0. The van der Waals surface area contributed by atoms with E-state index in [1.165, 1.54) is 11.3 Å². The number of hydrogen-bond donors (Lipinski definition) is 1. The van der Waals surface area contributed by atoms with Crippen molar-refractivity contribution >= 4 is 0 Å². The molecule has 0 atom stereocenters. The number of hydrogen-bond acceptors (Lipinski definition) is 4. The highest BCUT2D eigenvalue weighted by Gasteiger charge is 2.05. The Morgan fingerprint density at radius 3 is 2.89 bits per heavy atom. The Morgan fingerprint density at radius 1 is 1.32 bits per heavy atom. The summed E-state index contributed by atoms with van der Waals surface area (Å²) in [6.07, 6.45) is 4.05. The minimum Gasteiger partial charge on any atom is -0.385 e. The van der Waals surface area contributed by atoms with Gasteiger partial charge in [0, 0.05) is 38.1 Å². The Hall–Kier alpha value is -0.910. The van der Waals surface area contributed by atoms with E-state index in [9.17, 15) is 0 Å². The van der Waals surface area contributed by atoms with Crippen LogP contribution in [-0.2, 0) is 22.6 Å². The summed E-state index contributed by atoms with van der Waals surface area (Å²) in [5.41, 5.74) is 2.50. The molecule has 1 rings (SSSR count). The maximum atomic E-state index is 5.55. The van der Waals surface area contributed by atoms with Crippen molar-refractivity contribution in [2.45, 2.75) is 39.8 Å². The van der Waals surface area contributed by atoms with E-state index in [-0.39, 0.29) is 0 Å². The van der Waals surface area contributed by atoms with Gasteiger partial charge in [0.25, 0.3) is 0 Å². The summed E-state index contributed by atoms with van der Waals surface area (Å²) in [6.45, 7) is 9.25. The van der Waals surface area contributed by atoms with Crippen LogP contribution in [0.25, 0.3) is 0 Å². The van der Waals surface area contributed by atoms with Gasteiger partial charge in [0.1, 0.15) is 0 Å². The Bertz CT molecular complexity index is 339. The lowest BCUT2D eigenvalue weighted by atomic mass is 10.2. The first-order valence-corrected chi connectivity index (χ1v) is 7.08. The van der Waals surface area contributed by atoms with Crippen LogP contribution in [0.15, 0.2) is 6.20 Å². The first-order chi connectivity index (χ1) is 9.29. The van der Waals surface area contributed by atoms with Gasteiger partial charge in [-0.2, -0.15) is 5.10 Å². The topological polar surface area (TPSA) is 48.3 Å². The third-order valence-electron chi connectivity index (χ3n) is 3.03. The quantitative estimate of drug-likeness (QED) is 0.622. The fourth-order valence-corrected chi connectivity index (χ4v) is 1.84. The number of nitrogens with zero attached hydrogens (tertiary/aromatic N) is 2. The molecule has 110 valence electrons. The van der Waals surface area contributed by atoms with Crippen LogP contribution in [0.5, 0.6) is 0 Å². The number of rotatable bonds is 11. The molecule has 5 heteroatoms. The van der Waals surface area contributed by atoms with E-state index >= 15 is 0 Å². The van der Waals surface area contributed by atoms with Crippen molar-refractivity contribution in [2.24, 2.45) is 0 Å². The molecule has 0 radical (unpaired) electrons. The highest BCUT2D eigenvalue weighted by Crippen LogP contribution is 2.06. The summed E-state index contributed by atoms with van der Waals surface area (Å²) in [5, 5.41) is 7.80. The van der Waals surface area contributed by atoms with E-state index in [0.29, 0.717) is 6.61 Å². The molecule has 5 nitrogen and oxygen atoms in total. The molecular formula is C14H27N3O2. The number of ether oxygens (including phenoxy) is 2. The van der Waals surface area contributed by atoms with Gasteiger partial charge in [0.2, 0.25) is 0 Å². The third kappa shape index (κ3) is 6.18. The standard InChI is InChI=1S/C14H27N3O2/c1-4-6-15-11-14-12-16-17(13(14)2)7-10-19-9-5-8-18-3/h12,15H,4-11H2,1-3H3. The molecule has 0 amide bonds. The summed E-state index contributed by atoms with van der Waals surface area (Å²) >= 11 is 0. The lowest BCUT2D eigenvalue weighted by molar-refractivity contribution is 0.0958. The van der Waals surface area contributed by atoms with Gasteiger partial charge < -0.3 is 14.8 Å². The van der Waals surface area contributed by atoms with E-state index in [1.807, 2.05) is 10.9 Å². The molecule has 1 heterocycles. The molecule has 0 aliphatic heterocycles. The van der Waals surface area contributed by atoms with Gasteiger partial charge in [0.05, 0.1) is 19.3 Å². The summed E-state index contributed by atoms with van der Waals surface area (Å²) in [5.74, 6) is 0. The van der Waals surface area contributed by atoms with Crippen LogP contribution in [0, 0.1) is 6.92 Å². The van der Waals surface area contributed by atoms with Crippen molar-refractivity contribution in [3.05, 3.63) is 17.5 Å². The molecule has 0 spiro atoms. The van der Waals surface area contributed by atoms with Crippen LogP contribution in [0.4, 0.5) is 0 Å². The molecule has 1 N–H and O–H groups in total. The van der Waals surface area contributed by atoms with Gasteiger partial charge >= 0.3 is 0 Å². The van der Waals surface area contributed by atoms with E-state index < -0.39 is 0 Å². The first-order valence-electron chi connectivity index (χ1n) is 7.08. The second kappa shape index (κ2) is 9.95. The normalized spacial score (nSPS) is 11.1. The van der Waals surface area contributed by atoms with Gasteiger partial charge in [0.15, 0.2) is 0 Å². The van der Waals surface area contributed by atoms with Crippen molar-refractivity contribution in [1.82, 2.24) is 15.1 Å². The SMILES string of the molecule is CCCNCc1cnn(CCOCCCOC)c1C. The zero-order valence-corrected chi connectivity index (χ0v) is 12.4. The first kappa shape index (κ1) is 16.1. The molecule has 0 aromatic carbocycles. The second-order valence-corrected chi connectivity index (χ2v) is 4.61. The molecule has 0 aliphatic rings. The number of nitrogens with one attached hydrogen (secondary N) is 1. The van der Waals surface area contributed by atoms with Crippen LogP contribution in [0.2, 0.25) is 0 Å². The molecule has 0 saturated heterocycles. The van der Waals surface area contributed by atoms with Gasteiger partial charge in [-0.05, 0) is 26.3 Å². The van der Waals surface area contributed by atoms with E-state index in [4.69, 9.17) is 9.47 Å². The van der Waals surface area contributed by atoms with Crippen molar-refractivity contribution in [3.63, 3.8) is 0 Å². The Kier molecular flexibility index (Phi) is 8.45. The number of aromatic nitrogens is 2. The summed E-state index contributed by atoms with van der Waals surface area (Å²) < 4.78 is 12.5. The maximum absolute atomic E-state index is 5.55. The fraction of sp³-hybridized carbons (Fsp3) is 0.786. The van der Waals surface area contributed by atoms with Crippen LogP contribution < -0.4 is 5.32 Å². The lowest BCUT2D eigenvalue weighted by Gasteiger charge is -2.07. The average Bonchev–Trinajstić information content (AvgIpc) is 2.76. The summed E-state index contributed by atoms with van der Waals surface area (Å²) in [7, 11) is 1.71. The second-order valence-electron chi connectivity index (χ2n) is 4.61. The smallest absolute Gasteiger partial charge is 0.0662 e. The monoisotopic (exact) mass is 269 g/mol. The van der Waals surface area contributed by atoms with E-state index in [0.717, 1.165) is 45.7 Å². The lowest BCUT2D eigenvalue weighted by Crippen LogP contribution is -2.15. The highest BCUT2D eigenvalue weighted by molar-refractivity contribution is 5.15. The molecule has 0 saturated carbocycles. The molecule has 0 aliphatic carbocycles. The molecular weight excluding hydrogens is 242 g/mol. The third-order valence-corrected chi connectivity index (χ3v) is 3.03. The molecule has 0 fully saturated rings. The van der Waals surface area contributed by atoms with Gasteiger partial charge in [-0.3, -0.25) is 4.68 Å². The molecule has 1 aromatic rings. The average molecular weight is 269 g/mol. The highest BCUT2D eigenvalue weighted by atomic mass is 16.5. The molecule has 19 heavy (non-hydrogen) atoms. The van der Waals surface area contributed by atoms with E-state index in [2.05, 4.69) is 24.3 Å². The molecule has 0 bridgehead atoms. The Balaban J connectivity index is 2.22.